The SMILES string of the molecule is CCOC(=O)N(C)c1ccc(NC(=O)COc2cc(Cl)c(Cl)cc2Cl)cc1. The molecule has 27 heavy (non-hydrogen) atoms. The average Bonchev–Trinajstić information content (AvgIpc) is 2.64. The molecular weight excluding hydrogens is 415 g/mol. The fraction of sp³-hybridized carbons (Fsp3) is 0.222. The summed E-state index contributed by atoms with van der Waals surface area (Å²) < 4.78 is 10.3. The van der Waals surface area contributed by atoms with E-state index in [1.807, 2.05) is 0 Å². The van der Waals surface area contributed by atoms with Crippen LogP contribution in [0.1, 0.15) is 6.92 Å². The van der Waals surface area contributed by atoms with Gasteiger partial charge in [-0.3, -0.25) is 9.69 Å². The van der Waals surface area contributed by atoms with E-state index in [0.717, 1.165) is 0 Å². The largest absolute Gasteiger partial charge is 0.482 e. The quantitative estimate of drug-likeness (QED) is 0.634. The van der Waals surface area contributed by atoms with Crippen molar-refractivity contribution in [3.8, 4) is 5.75 Å². The Morgan fingerprint density at radius 3 is 2.30 bits per heavy atom. The Morgan fingerprint density at radius 2 is 1.67 bits per heavy atom. The Hall–Kier alpha value is -2.15. The monoisotopic (exact) mass is 430 g/mol. The molecule has 0 radical (unpaired) electrons. The first-order valence-electron chi connectivity index (χ1n) is 7.89. The van der Waals surface area contributed by atoms with Crippen LogP contribution in [0.15, 0.2) is 36.4 Å². The van der Waals surface area contributed by atoms with Gasteiger partial charge < -0.3 is 14.8 Å². The van der Waals surface area contributed by atoms with Crippen molar-refractivity contribution < 1.29 is 19.1 Å². The Morgan fingerprint density at radius 1 is 1.04 bits per heavy atom. The normalized spacial score (nSPS) is 10.3. The van der Waals surface area contributed by atoms with Gasteiger partial charge in [0, 0.05) is 24.5 Å². The summed E-state index contributed by atoms with van der Waals surface area (Å²) in [5.41, 5.74) is 1.18. The van der Waals surface area contributed by atoms with Gasteiger partial charge in [-0.1, -0.05) is 34.8 Å². The van der Waals surface area contributed by atoms with Crippen LogP contribution in [0.25, 0.3) is 0 Å². The van der Waals surface area contributed by atoms with E-state index in [1.165, 1.54) is 17.0 Å². The number of amides is 2. The number of anilines is 2. The fourth-order valence-electron chi connectivity index (χ4n) is 2.05. The highest BCUT2D eigenvalue weighted by Gasteiger charge is 2.12. The molecule has 144 valence electrons. The summed E-state index contributed by atoms with van der Waals surface area (Å²) >= 11 is 17.7. The van der Waals surface area contributed by atoms with Crippen molar-refractivity contribution in [3.63, 3.8) is 0 Å². The zero-order chi connectivity index (χ0) is 20.0. The van der Waals surface area contributed by atoms with Gasteiger partial charge in [0.1, 0.15) is 5.75 Å². The third-order valence-corrected chi connectivity index (χ3v) is 4.43. The molecule has 0 heterocycles. The minimum Gasteiger partial charge on any atom is -0.482 e. The summed E-state index contributed by atoms with van der Waals surface area (Å²) in [4.78, 5) is 25.1. The summed E-state index contributed by atoms with van der Waals surface area (Å²) in [5, 5.41) is 3.50. The van der Waals surface area contributed by atoms with Gasteiger partial charge in [-0.15, -0.1) is 0 Å². The molecule has 2 rings (SSSR count). The number of hydrogen-bond donors (Lipinski definition) is 1. The molecule has 0 bridgehead atoms. The molecule has 0 saturated carbocycles. The van der Waals surface area contributed by atoms with Crippen LogP contribution < -0.4 is 15.0 Å². The van der Waals surface area contributed by atoms with Gasteiger partial charge in [0.25, 0.3) is 5.91 Å². The first kappa shape index (κ1) is 21.2. The van der Waals surface area contributed by atoms with Gasteiger partial charge in [-0.2, -0.15) is 0 Å². The zero-order valence-corrected chi connectivity index (χ0v) is 16.9. The van der Waals surface area contributed by atoms with Crippen molar-refractivity contribution in [1.29, 1.82) is 0 Å². The van der Waals surface area contributed by atoms with E-state index in [0.29, 0.717) is 23.0 Å². The molecule has 2 aromatic carbocycles. The van der Waals surface area contributed by atoms with Crippen molar-refractivity contribution >= 4 is 58.2 Å². The number of benzene rings is 2. The number of ether oxygens (including phenoxy) is 2. The standard InChI is InChI=1S/C18H17Cl3N2O4/c1-3-26-18(25)23(2)12-6-4-11(5-7-12)22-17(24)10-27-16-9-14(20)13(19)8-15(16)21/h4-9H,3,10H2,1-2H3,(H,22,24). The second-order valence-corrected chi connectivity index (χ2v) is 6.56. The maximum absolute atomic E-state index is 12.0. The van der Waals surface area contributed by atoms with Gasteiger partial charge in [0.15, 0.2) is 6.61 Å². The van der Waals surface area contributed by atoms with E-state index in [9.17, 15) is 9.59 Å². The first-order chi connectivity index (χ1) is 12.8. The van der Waals surface area contributed by atoms with Crippen LogP contribution in [0.2, 0.25) is 15.1 Å². The highest BCUT2D eigenvalue weighted by Crippen LogP contribution is 2.33. The molecule has 0 aliphatic heterocycles. The molecule has 0 aromatic heterocycles. The summed E-state index contributed by atoms with van der Waals surface area (Å²) in [6.45, 7) is 1.76. The van der Waals surface area contributed by atoms with E-state index in [4.69, 9.17) is 44.3 Å². The molecule has 0 unspecified atom stereocenters. The lowest BCUT2D eigenvalue weighted by atomic mass is 10.2. The Balaban J connectivity index is 1.92. The molecule has 0 spiro atoms. The number of rotatable bonds is 6. The molecule has 0 saturated heterocycles. The second-order valence-electron chi connectivity index (χ2n) is 5.34. The van der Waals surface area contributed by atoms with Gasteiger partial charge in [-0.05, 0) is 37.3 Å². The van der Waals surface area contributed by atoms with E-state index in [2.05, 4.69) is 5.32 Å². The van der Waals surface area contributed by atoms with E-state index in [1.54, 1.807) is 38.2 Å². The molecule has 1 N–H and O–H groups in total. The lowest BCUT2D eigenvalue weighted by molar-refractivity contribution is -0.118. The smallest absolute Gasteiger partial charge is 0.413 e. The summed E-state index contributed by atoms with van der Waals surface area (Å²) in [5.74, 6) is -0.128. The van der Waals surface area contributed by atoms with Crippen molar-refractivity contribution in [2.24, 2.45) is 0 Å². The number of halogens is 3. The number of hydrogen-bond acceptors (Lipinski definition) is 4. The van der Waals surface area contributed by atoms with Crippen LogP contribution in [0.3, 0.4) is 0 Å². The predicted octanol–water partition coefficient (Wildman–Crippen LogP) is 5.26. The van der Waals surface area contributed by atoms with Crippen LogP contribution >= 0.6 is 34.8 Å². The minimum absolute atomic E-state index is 0.253. The van der Waals surface area contributed by atoms with Crippen LogP contribution in [0.4, 0.5) is 16.2 Å². The summed E-state index contributed by atoms with van der Waals surface area (Å²) in [7, 11) is 1.60. The van der Waals surface area contributed by atoms with Crippen LogP contribution in [0.5, 0.6) is 5.75 Å². The van der Waals surface area contributed by atoms with Gasteiger partial charge >= 0.3 is 6.09 Å². The molecule has 0 aliphatic carbocycles. The lowest BCUT2D eigenvalue weighted by Gasteiger charge is -2.17. The highest BCUT2D eigenvalue weighted by atomic mass is 35.5. The Bertz CT molecular complexity index is 828. The second kappa shape index (κ2) is 9.69. The van der Waals surface area contributed by atoms with Crippen molar-refractivity contribution in [3.05, 3.63) is 51.5 Å². The number of nitrogens with one attached hydrogen (secondary N) is 1. The minimum atomic E-state index is -0.457. The third kappa shape index (κ3) is 5.92. The number of carbonyl (C=O) groups excluding carboxylic acids is 2. The Kier molecular flexibility index (Phi) is 7.59. The summed E-state index contributed by atoms with van der Waals surface area (Å²) in [6, 6.07) is 9.58. The van der Waals surface area contributed by atoms with E-state index in [-0.39, 0.29) is 28.3 Å². The fourth-order valence-corrected chi connectivity index (χ4v) is 2.64. The van der Waals surface area contributed by atoms with Gasteiger partial charge in [-0.25, -0.2) is 4.79 Å². The molecular formula is C18H17Cl3N2O4. The highest BCUT2D eigenvalue weighted by molar-refractivity contribution is 6.43. The maximum atomic E-state index is 12.0. The van der Waals surface area contributed by atoms with Crippen LogP contribution in [-0.4, -0.2) is 32.3 Å². The lowest BCUT2D eigenvalue weighted by Crippen LogP contribution is -2.27. The zero-order valence-electron chi connectivity index (χ0n) is 14.6. The third-order valence-electron chi connectivity index (χ3n) is 3.41. The number of nitrogens with zero attached hydrogens (tertiary/aromatic N) is 1. The Labute approximate surface area is 171 Å². The van der Waals surface area contributed by atoms with Crippen molar-refractivity contribution in [2.45, 2.75) is 6.92 Å². The first-order valence-corrected chi connectivity index (χ1v) is 9.03. The van der Waals surface area contributed by atoms with E-state index < -0.39 is 6.09 Å². The van der Waals surface area contributed by atoms with Crippen molar-refractivity contribution in [2.75, 3.05) is 30.5 Å². The van der Waals surface area contributed by atoms with Crippen LogP contribution in [-0.2, 0) is 9.53 Å². The van der Waals surface area contributed by atoms with Crippen LogP contribution in [0, 0.1) is 0 Å². The molecule has 6 nitrogen and oxygen atoms in total. The van der Waals surface area contributed by atoms with Gasteiger partial charge in [0.2, 0.25) is 0 Å². The molecule has 2 amide bonds. The molecule has 2 aromatic rings. The van der Waals surface area contributed by atoms with E-state index >= 15 is 0 Å². The van der Waals surface area contributed by atoms with Crippen molar-refractivity contribution in [1.82, 2.24) is 0 Å². The number of carbonyl (C=O) groups is 2. The average molecular weight is 432 g/mol. The maximum Gasteiger partial charge on any atom is 0.413 e. The molecule has 0 fully saturated rings. The topological polar surface area (TPSA) is 67.9 Å². The predicted molar refractivity (Wildman–Crippen MR) is 107 cm³/mol. The molecule has 0 aliphatic rings. The summed E-state index contributed by atoms with van der Waals surface area (Å²) in [6.07, 6.45) is -0.457. The molecule has 9 heteroatoms. The van der Waals surface area contributed by atoms with Gasteiger partial charge in [0.05, 0.1) is 21.7 Å². The molecule has 0 atom stereocenters.